The van der Waals surface area contributed by atoms with E-state index in [1.54, 1.807) is 18.2 Å². The number of carbonyl (C=O) groups is 1. The lowest BCUT2D eigenvalue weighted by atomic mass is 10.1. The first kappa shape index (κ1) is 14.1. The lowest BCUT2D eigenvalue weighted by Crippen LogP contribution is -2.13. The summed E-state index contributed by atoms with van der Waals surface area (Å²) in [6.45, 7) is 3.89. The van der Waals surface area contributed by atoms with E-state index in [0.717, 1.165) is 21.3 Å². The van der Waals surface area contributed by atoms with E-state index in [9.17, 15) is 4.79 Å². The summed E-state index contributed by atoms with van der Waals surface area (Å²) < 4.78 is 0.789. The first-order valence-electron chi connectivity index (χ1n) is 5.81. The monoisotopic (exact) mass is 337 g/mol. The van der Waals surface area contributed by atoms with Crippen molar-refractivity contribution in [3.05, 3.63) is 62.6 Å². The summed E-state index contributed by atoms with van der Waals surface area (Å²) >= 11 is 9.30. The first-order valence-corrected chi connectivity index (χ1v) is 6.98. The number of halogens is 2. The lowest BCUT2D eigenvalue weighted by Gasteiger charge is -2.10. The summed E-state index contributed by atoms with van der Waals surface area (Å²) in [5.74, 6) is -0.141. The molecular formula is C15H13BrClNO. The Labute approximate surface area is 125 Å². The zero-order valence-corrected chi connectivity index (χ0v) is 13.0. The third kappa shape index (κ3) is 3.37. The van der Waals surface area contributed by atoms with Crippen LogP contribution in [0, 0.1) is 13.8 Å². The number of hydrogen-bond acceptors (Lipinski definition) is 1. The highest BCUT2D eigenvalue weighted by atomic mass is 79.9. The van der Waals surface area contributed by atoms with Gasteiger partial charge in [-0.2, -0.15) is 0 Å². The molecule has 0 aliphatic heterocycles. The molecule has 0 spiro atoms. The van der Waals surface area contributed by atoms with Gasteiger partial charge in [0.15, 0.2) is 0 Å². The molecule has 0 unspecified atom stereocenters. The Bertz CT molecular complexity index is 640. The second kappa shape index (κ2) is 5.76. The number of aryl methyl sites for hydroxylation is 2. The Morgan fingerprint density at radius 3 is 2.53 bits per heavy atom. The van der Waals surface area contributed by atoms with Crippen LogP contribution in [0.1, 0.15) is 21.5 Å². The van der Waals surface area contributed by atoms with E-state index in [2.05, 4.69) is 21.2 Å². The molecule has 0 fully saturated rings. The Balaban J connectivity index is 2.25. The average Bonchev–Trinajstić information content (AvgIpc) is 2.32. The normalized spacial score (nSPS) is 10.3. The van der Waals surface area contributed by atoms with E-state index in [4.69, 9.17) is 11.6 Å². The molecule has 0 bridgehead atoms. The first-order chi connectivity index (χ1) is 8.97. The molecule has 0 saturated heterocycles. The molecule has 1 N–H and O–H groups in total. The average molecular weight is 339 g/mol. The molecule has 0 heterocycles. The Kier molecular flexibility index (Phi) is 4.27. The summed E-state index contributed by atoms with van der Waals surface area (Å²) in [4.78, 5) is 12.2. The smallest absolute Gasteiger partial charge is 0.256 e. The highest BCUT2D eigenvalue weighted by molar-refractivity contribution is 9.10. The molecule has 98 valence electrons. The fourth-order valence-corrected chi connectivity index (χ4v) is 2.66. The van der Waals surface area contributed by atoms with E-state index >= 15 is 0 Å². The molecule has 2 rings (SSSR count). The van der Waals surface area contributed by atoms with Crippen LogP contribution in [0.25, 0.3) is 0 Å². The van der Waals surface area contributed by atoms with E-state index in [0.29, 0.717) is 10.6 Å². The minimum absolute atomic E-state index is 0.141. The van der Waals surface area contributed by atoms with E-state index in [1.807, 2.05) is 32.0 Å². The van der Waals surface area contributed by atoms with Crippen LogP contribution in [0.2, 0.25) is 5.02 Å². The number of carbonyl (C=O) groups excluding carboxylic acids is 1. The van der Waals surface area contributed by atoms with E-state index < -0.39 is 0 Å². The summed E-state index contributed by atoms with van der Waals surface area (Å²) in [6.07, 6.45) is 0. The summed E-state index contributed by atoms with van der Waals surface area (Å²) in [5, 5.41) is 3.55. The Hall–Kier alpha value is -1.32. The van der Waals surface area contributed by atoms with Gasteiger partial charge in [0.2, 0.25) is 0 Å². The van der Waals surface area contributed by atoms with Crippen LogP contribution in [0.3, 0.4) is 0 Å². The van der Waals surface area contributed by atoms with E-state index in [1.165, 1.54) is 0 Å². The molecule has 19 heavy (non-hydrogen) atoms. The molecule has 2 aromatic rings. The number of rotatable bonds is 2. The fourth-order valence-electron chi connectivity index (χ4n) is 1.76. The van der Waals surface area contributed by atoms with Gasteiger partial charge in [0.05, 0.1) is 5.56 Å². The van der Waals surface area contributed by atoms with Gasteiger partial charge in [-0.3, -0.25) is 4.79 Å². The summed E-state index contributed by atoms with van der Waals surface area (Å²) in [7, 11) is 0. The molecule has 0 aromatic heterocycles. The fraction of sp³-hybridized carbons (Fsp3) is 0.133. The van der Waals surface area contributed by atoms with Crippen LogP contribution in [-0.4, -0.2) is 5.91 Å². The third-order valence-electron chi connectivity index (χ3n) is 2.81. The molecule has 0 aliphatic carbocycles. The zero-order valence-electron chi connectivity index (χ0n) is 10.6. The number of amides is 1. The van der Waals surface area contributed by atoms with Gasteiger partial charge in [-0.25, -0.2) is 0 Å². The van der Waals surface area contributed by atoms with Crippen LogP contribution in [-0.2, 0) is 0 Å². The highest BCUT2D eigenvalue weighted by Crippen LogP contribution is 2.23. The van der Waals surface area contributed by atoms with Gasteiger partial charge in [0.25, 0.3) is 5.91 Å². The van der Waals surface area contributed by atoms with Gasteiger partial charge in [0.1, 0.15) is 0 Å². The summed E-state index contributed by atoms with van der Waals surface area (Å²) in [6, 6.07) is 11.0. The van der Waals surface area contributed by atoms with Gasteiger partial charge >= 0.3 is 0 Å². The maximum absolute atomic E-state index is 12.2. The molecule has 2 nitrogen and oxygen atoms in total. The Morgan fingerprint density at radius 2 is 1.89 bits per heavy atom. The Morgan fingerprint density at radius 1 is 1.16 bits per heavy atom. The molecule has 0 atom stereocenters. The number of nitrogens with one attached hydrogen (secondary N) is 1. The van der Waals surface area contributed by atoms with Crippen LogP contribution in [0.5, 0.6) is 0 Å². The van der Waals surface area contributed by atoms with Gasteiger partial charge in [-0.1, -0.05) is 17.7 Å². The number of anilines is 1. The van der Waals surface area contributed by atoms with Crippen molar-refractivity contribution in [1.82, 2.24) is 0 Å². The predicted octanol–water partition coefficient (Wildman–Crippen LogP) is 4.97. The molecule has 0 saturated carbocycles. The van der Waals surface area contributed by atoms with Gasteiger partial charge in [-0.15, -0.1) is 0 Å². The molecule has 0 radical (unpaired) electrons. The van der Waals surface area contributed by atoms with Crippen molar-refractivity contribution in [1.29, 1.82) is 0 Å². The maximum Gasteiger partial charge on any atom is 0.256 e. The molecule has 2 aromatic carbocycles. The quantitative estimate of drug-likeness (QED) is 0.823. The van der Waals surface area contributed by atoms with Crippen LogP contribution in [0.15, 0.2) is 40.9 Å². The number of benzene rings is 2. The van der Waals surface area contributed by atoms with Crippen LogP contribution < -0.4 is 5.32 Å². The van der Waals surface area contributed by atoms with Crippen LogP contribution in [0.4, 0.5) is 5.69 Å². The SMILES string of the molecule is Cc1ccc(C(=O)Nc2ccc(Cl)cc2C)c(Br)c1. The summed E-state index contributed by atoms with van der Waals surface area (Å²) in [5.41, 5.74) is 3.41. The van der Waals surface area contributed by atoms with Crippen molar-refractivity contribution in [2.45, 2.75) is 13.8 Å². The standard InChI is InChI=1S/C15H13BrClNO/c1-9-3-5-12(13(16)7-9)15(19)18-14-6-4-11(17)8-10(14)2/h3-8H,1-2H3,(H,18,19). The molecule has 0 aliphatic rings. The largest absolute Gasteiger partial charge is 0.322 e. The van der Waals surface area contributed by atoms with Crippen LogP contribution >= 0.6 is 27.5 Å². The van der Waals surface area contributed by atoms with Crippen molar-refractivity contribution in [2.75, 3.05) is 5.32 Å². The second-order valence-electron chi connectivity index (χ2n) is 4.40. The van der Waals surface area contributed by atoms with Gasteiger partial charge in [-0.05, 0) is 71.2 Å². The van der Waals surface area contributed by atoms with Gasteiger partial charge in [0, 0.05) is 15.2 Å². The molecule has 1 amide bonds. The van der Waals surface area contributed by atoms with Gasteiger partial charge < -0.3 is 5.32 Å². The second-order valence-corrected chi connectivity index (χ2v) is 5.69. The van der Waals surface area contributed by atoms with Crippen molar-refractivity contribution in [2.24, 2.45) is 0 Å². The van der Waals surface area contributed by atoms with Crippen molar-refractivity contribution < 1.29 is 4.79 Å². The van der Waals surface area contributed by atoms with Crippen molar-refractivity contribution in [3.63, 3.8) is 0 Å². The molecule has 4 heteroatoms. The van der Waals surface area contributed by atoms with Crippen molar-refractivity contribution >= 4 is 39.1 Å². The lowest BCUT2D eigenvalue weighted by molar-refractivity contribution is 0.102. The highest BCUT2D eigenvalue weighted by Gasteiger charge is 2.11. The predicted molar refractivity (Wildman–Crippen MR) is 83.0 cm³/mol. The minimum Gasteiger partial charge on any atom is -0.322 e. The van der Waals surface area contributed by atoms with E-state index in [-0.39, 0.29) is 5.91 Å². The van der Waals surface area contributed by atoms with Crippen molar-refractivity contribution in [3.8, 4) is 0 Å². The zero-order chi connectivity index (χ0) is 14.0. The molecular weight excluding hydrogens is 326 g/mol. The third-order valence-corrected chi connectivity index (χ3v) is 3.70. The topological polar surface area (TPSA) is 29.1 Å². The maximum atomic E-state index is 12.2. The minimum atomic E-state index is -0.141. The number of hydrogen-bond donors (Lipinski definition) is 1.